The molecule has 2 nitrogen and oxygen atoms in total. The Balaban J connectivity index is 2.13. The molecule has 0 heterocycles. The summed E-state index contributed by atoms with van der Waals surface area (Å²) in [4.78, 5) is 2.17. The number of halogens is 1. The molecule has 2 atom stereocenters. The Morgan fingerprint density at radius 2 is 2.05 bits per heavy atom. The fourth-order valence-corrected chi connectivity index (χ4v) is 3.73. The fourth-order valence-electron chi connectivity index (χ4n) is 3.73. The van der Waals surface area contributed by atoms with Crippen LogP contribution >= 0.6 is 0 Å². The summed E-state index contributed by atoms with van der Waals surface area (Å²) in [5.41, 5.74) is 1.06. The summed E-state index contributed by atoms with van der Waals surface area (Å²) >= 11 is 0. The Bertz CT molecular complexity index is 444. The molecule has 1 aromatic carbocycles. The van der Waals surface area contributed by atoms with Crippen molar-refractivity contribution in [2.75, 3.05) is 25.0 Å². The highest BCUT2D eigenvalue weighted by atomic mass is 19.1. The molecule has 0 radical (unpaired) electrons. The molecule has 1 aliphatic carbocycles. The van der Waals surface area contributed by atoms with Crippen LogP contribution in [0.5, 0.6) is 0 Å². The zero-order valence-corrected chi connectivity index (χ0v) is 13.1. The number of benzene rings is 1. The van der Waals surface area contributed by atoms with E-state index in [1.165, 1.54) is 12.8 Å². The Morgan fingerprint density at radius 1 is 1.35 bits per heavy atom. The lowest BCUT2D eigenvalue weighted by molar-refractivity contribution is 0.262. The van der Waals surface area contributed by atoms with Crippen molar-refractivity contribution in [1.29, 1.82) is 0 Å². The predicted octanol–water partition coefficient (Wildman–Crippen LogP) is 3.68. The molecule has 0 saturated heterocycles. The molecule has 0 amide bonds. The number of hydrogen-bond donors (Lipinski definition) is 1. The Labute approximate surface area is 122 Å². The van der Waals surface area contributed by atoms with Gasteiger partial charge in [0.2, 0.25) is 0 Å². The summed E-state index contributed by atoms with van der Waals surface area (Å²) in [6.07, 6.45) is 2.45. The first-order chi connectivity index (χ1) is 9.49. The summed E-state index contributed by atoms with van der Waals surface area (Å²) in [5.74, 6) is 0.460. The smallest absolute Gasteiger partial charge is 0.146 e. The number of anilines is 1. The lowest BCUT2D eigenvalue weighted by Gasteiger charge is -2.34. The fraction of sp³-hybridized carbons (Fsp3) is 0.647. The van der Waals surface area contributed by atoms with Crippen LogP contribution in [-0.2, 0) is 0 Å². The van der Waals surface area contributed by atoms with Crippen LogP contribution in [0.4, 0.5) is 10.1 Å². The standard InChI is InChI=1S/C17H27FN2/c1-5-20(15-9-7-6-8-14(15)18)12-13-10-11-17(2,3)16(13)19-4/h6-9,13,16,19H,5,10-12H2,1-4H3. The number of nitrogens with zero attached hydrogens (tertiary/aromatic N) is 1. The molecule has 0 bridgehead atoms. The average molecular weight is 278 g/mol. The summed E-state index contributed by atoms with van der Waals surface area (Å²) in [5, 5.41) is 3.48. The van der Waals surface area contributed by atoms with E-state index in [1.807, 2.05) is 19.2 Å². The van der Waals surface area contributed by atoms with E-state index in [0.29, 0.717) is 17.4 Å². The van der Waals surface area contributed by atoms with Crippen molar-refractivity contribution in [3.63, 3.8) is 0 Å². The molecule has 2 unspecified atom stereocenters. The maximum Gasteiger partial charge on any atom is 0.146 e. The van der Waals surface area contributed by atoms with Gasteiger partial charge in [0.15, 0.2) is 0 Å². The highest BCUT2D eigenvalue weighted by molar-refractivity contribution is 5.47. The minimum Gasteiger partial charge on any atom is -0.369 e. The molecule has 1 aromatic rings. The van der Waals surface area contributed by atoms with E-state index in [9.17, 15) is 4.39 Å². The number of para-hydroxylation sites is 1. The Kier molecular flexibility index (Phi) is 4.69. The predicted molar refractivity (Wildman–Crippen MR) is 83.6 cm³/mol. The van der Waals surface area contributed by atoms with Crippen LogP contribution in [0.2, 0.25) is 0 Å². The first-order valence-corrected chi connectivity index (χ1v) is 7.66. The van der Waals surface area contributed by atoms with Crippen molar-refractivity contribution in [2.45, 2.75) is 39.7 Å². The largest absolute Gasteiger partial charge is 0.369 e. The second-order valence-electron chi connectivity index (χ2n) is 6.54. The highest BCUT2D eigenvalue weighted by Gasteiger charge is 2.41. The van der Waals surface area contributed by atoms with E-state index in [-0.39, 0.29) is 5.82 Å². The maximum atomic E-state index is 14.0. The zero-order chi connectivity index (χ0) is 14.8. The van der Waals surface area contributed by atoms with Gasteiger partial charge in [0.25, 0.3) is 0 Å². The summed E-state index contributed by atoms with van der Waals surface area (Å²) < 4.78 is 14.0. The average Bonchev–Trinajstić information content (AvgIpc) is 2.71. The molecule has 1 fully saturated rings. The van der Waals surface area contributed by atoms with Crippen molar-refractivity contribution >= 4 is 5.69 Å². The van der Waals surface area contributed by atoms with E-state index in [4.69, 9.17) is 0 Å². The van der Waals surface area contributed by atoms with Crippen LogP contribution in [0.15, 0.2) is 24.3 Å². The minimum atomic E-state index is -0.118. The third kappa shape index (κ3) is 2.98. The van der Waals surface area contributed by atoms with Crippen LogP contribution in [0.1, 0.15) is 33.6 Å². The van der Waals surface area contributed by atoms with Gasteiger partial charge in [-0.15, -0.1) is 0 Å². The van der Waals surface area contributed by atoms with Crippen LogP contribution < -0.4 is 10.2 Å². The van der Waals surface area contributed by atoms with Crippen molar-refractivity contribution in [3.8, 4) is 0 Å². The molecule has 1 N–H and O–H groups in total. The van der Waals surface area contributed by atoms with Crippen molar-refractivity contribution in [2.24, 2.45) is 11.3 Å². The van der Waals surface area contributed by atoms with Gasteiger partial charge < -0.3 is 10.2 Å². The highest BCUT2D eigenvalue weighted by Crippen LogP contribution is 2.41. The van der Waals surface area contributed by atoms with E-state index in [0.717, 1.165) is 18.8 Å². The third-order valence-electron chi connectivity index (χ3n) is 4.81. The van der Waals surface area contributed by atoms with Gasteiger partial charge >= 0.3 is 0 Å². The monoisotopic (exact) mass is 278 g/mol. The molecule has 0 spiro atoms. The van der Waals surface area contributed by atoms with E-state index in [2.05, 4.69) is 31.0 Å². The van der Waals surface area contributed by atoms with Crippen LogP contribution in [0.25, 0.3) is 0 Å². The summed E-state index contributed by atoms with van der Waals surface area (Å²) in [7, 11) is 2.05. The zero-order valence-electron chi connectivity index (χ0n) is 13.1. The van der Waals surface area contributed by atoms with Gasteiger partial charge in [0.05, 0.1) is 5.69 Å². The summed E-state index contributed by atoms with van der Waals surface area (Å²) in [6, 6.07) is 7.60. The van der Waals surface area contributed by atoms with Gasteiger partial charge in [-0.05, 0) is 50.3 Å². The van der Waals surface area contributed by atoms with Crippen LogP contribution in [-0.4, -0.2) is 26.2 Å². The molecule has 1 saturated carbocycles. The Hall–Kier alpha value is -1.09. The van der Waals surface area contributed by atoms with Crippen molar-refractivity contribution in [1.82, 2.24) is 5.32 Å². The van der Waals surface area contributed by atoms with Crippen molar-refractivity contribution < 1.29 is 4.39 Å². The lowest BCUT2D eigenvalue weighted by atomic mass is 9.85. The molecule has 112 valence electrons. The molecule has 3 heteroatoms. The minimum absolute atomic E-state index is 0.118. The maximum absolute atomic E-state index is 14.0. The molecule has 1 aliphatic rings. The summed E-state index contributed by atoms with van der Waals surface area (Å²) in [6.45, 7) is 8.52. The number of nitrogens with one attached hydrogen (secondary N) is 1. The first kappa shape index (κ1) is 15.3. The van der Waals surface area contributed by atoms with Crippen LogP contribution in [0, 0.1) is 17.2 Å². The quantitative estimate of drug-likeness (QED) is 0.884. The molecular formula is C17H27FN2. The van der Waals surface area contributed by atoms with Gasteiger partial charge in [0, 0.05) is 19.1 Å². The molecule has 0 aromatic heterocycles. The second kappa shape index (κ2) is 6.13. The topological polar surface area (TPSA) is 15.3 Å². The van der Waals surface area contributed by atoms with E-state index < -0.39 is 0 Å². The lowest BCUT2D eigenvalue weighted by Crippen LogP contribution is -2.44. The molecule has 2 rings (SSSR count). The van der Waals surface area contributed by atoms with E-state index >= 15 is 0 Å². The number of hydrogen-bond acceptors (Lipinski definition) is 2. The Morgan fingerprint density at radius 3 is 2.65 bits per heavy atom. The molecular weight excluding hydrogens is 251 g/mol. The normalized spacial score (nSPS) is 24.9. The van der Waals surface area contributed by atoms with Gasteiger partial charge in [0.1, 0.15) is 5.82 Å². The van der Waals surface area contributed by atoms with Gasteiger partial charge in [-0.1, -0.05) is 26.0 Å². The van der Waals surface area contributed by atoms with Crippen molar-refractivity contribution in [3.05, 3.63) is 30.1 Å². The third-order valence-corrected chi connectivity index (χ3v) is 4.81. The van der Waals surface area contributed by atoms with Gasteiger partial charge in [-0.25, -0.2) is 4.39 Å². The van der Waals surface area contributed by atoms with Crippen LogP contribution in [0.3, 0.4) is 0 Å². The van der Waals surface area contributed by atoms with E-state index in [1.54, 1.807) is 12.1 Å². The van der Waals surface area contributed by atoms with Gasteiger partial charge in [-0.3, -0.25) is 0 Å². The molecule has 20 heavy (non-hydrogen) atoms. The van der Waals surface area contributed by atoms with Gasteiger partial charge in [-0.2, -0.15) is 0 Å². The number of rotatable bonds is 5. The molecule has 0 aliphatic heterocycles. The second-order valence-corrected chi connectivity index (χ2v) is 6.54. The SMILES string of the molecule is CCN(CC1CCC(C)(C)C1NC)c1ccccc1F. The first-order valence-electron chi connectivity index (χ1n) is 7.66.